The van der Waals surface area contributed by atoms with E-state index in [1.807, 2.05) is 36.4 Å². The summed E-state index contributed by atoms with van der Waals surface area (Å²) in [7, 11) is 0. The molecule has 4 aromatic rings. The van der Waals surface area contributed by atoms with Crippen molar-refractivity contribution in [3.8, 4) is 11.4 Å². The second kappa shape index (κ2) is 8.17. The van der Waals surface area contributed by atoms with Crippen LogP contribution in [0.2, 0.25) is 0 Å². The molecule has 4 N–H and O–H groups in total. The molecule has 1 atom stereocenters. The highest BCUT2D eigenvalue weighted by molar-refractivity contribution is 5.96. The third-order valence-electron chi connectivity index (χ3n) is 7.06. The van der Waals surface area contributed by atoms with Gasteiger partial charge in [0, 0.05) is 47.1 Å². The van der Waals surface area contributed by atoms with Crippen LogP contribution in [0.25, 0.3) is 22.3 Å². The van der Waals surface area contributed by atoms with Crippen LogP contribution in [-0.2, 0) is 34.7 Å². The minimum Gasteiger partial charge on any atom is -0.458 e. The van der Waals surface area contributed by atoms with Gasteiger partial charge in [-0.3, -0.25) is 9.78 Å². The molecule has 0 saturated heterocycles. The number of nitrogens with two attached hydrogens (primary N) is 1. The summed E-state index contributed by atoms with van der Waals surface area (Å²) in [6.07, 6.45) is 2.61. The number of esters is 1. The lowest BCUT2D eigenvalue weighted by Crippen LogP contribution is -2.44. The minimum absolute atomic E-state index is 0.101. The highest BCUT2D eigenvalue weighted by Gasteiger charge is 2.45. The Balaban J connectivity index is 1.44. The molecule has 6 rings (SSSR count). The molecule has 2 aliphatic heterocycles. The van der Waals surface area contributed by atoms with Crippen LogP contribution >= 0.6 is 0 Å². The van der Waals surface area contributed by atoms with E-state index in [2.05, 4.69) is 10.3 Å². The first-order valence-electron chi connectivity index (χ1n) is 11.9. The highest BCUT2D eigenvalue weighted by atomic mass is 16.6. The van der Waals surface area contributed by atoms with E-state index in [4.69, 9.17) is 15.5 Å². The molecule has 36 heavy (non-hydrogen) atoms. The van der Waals surface area contributed by atoms with Crippen molar-refractivity contribution < 1.29 is 14.6 Å². The first-order valence-corrected chi connectivity index (χ1v) is 11.9. The first-order chi connectivity index (χ1) is 17.4. The van der Waals surface area contributed by atoms with Gasteiger partial charge in [-0.05, 0) is 42.8 Å². The number of nitrogens with zero attached hydrogens (tertiary/aromatic N) is 3. The summed E-state index contributed by atoms with van der Waals surface area (Å²) in [5.41, 5.74) is 9.88. The largest absolute Gasteiger partial charge is 0.458 e. The molecule has 0 bridgehead atoms. The number of nitrogens with one attached hydrogen (secondary N) is 1. The number of hydrogen-bond acceptors (Lipinski definition) is 8. The molecule has 2 aliphatic rings. The fourth-order valence-corrected chi connectivity index (χ4v) is 5.13. The van der Waals surface area contributed by atoms with Crippen LogP contribution in [-0.4, -0.2) is 32.2 Å². The molecule has 182 valence electrons. The number of cyclic esters (lactones) is 1. The van der Waals surface area contributed by atoms with E-state index in [9.17, 15) is 14.7 Å². The number of rotatable bonds is 5. The molecule has 0 fully saturated rings. The van der Waals surface area contributed by atoms with E-state index in [0.717, 1.165) is 34.3 Å². The monoisotopic (exact) mass is 483 g/mol. The summed E-state index contributed by atoms with van der Waals surface area (Å²) < 4.78 is 6.77. The van der Waals surface area contributed by atoms with E-state index < -0.39 is 11.6 Å². The first kappa shape index (κ1) is 22.2. The van der Waals surface area contributed by atoms with Crippen molar-refractivity contribution in [1.82, 2.24) is 14.5 Å². The van der Waals surface area contributed by atoms with E-state index in [0.29, 0.717) is 41.3 Å². The van der Waals surface area contributed by atoms with Crippen LogP contribution in [0.5, 0.6) is 0 Å². The Morgan fingerprint density at radius 2 is 2.08 bits per heavy atom. The number of fused-ring (bicyclic) bond motifs is 5. The molecular weight excluding hydrogens is 458 g/mol. The van der Waals surface area contributed by atoms with Crippen molar-refractivity contribution in [2.75, 3.05) is 17.6 Å². The number of nitrogen functional groups attached to an aromatic ring is 1. The van der Waals surface area contributed by atoms with Gasteiger partial charge < -0.3 is 25.5 Å². The summed E-state index contributed by atoms with van der Waals surface area (Å²) in [5, 5.41) is 15.4. The second-order valence-corrected chi connectivity index (χ2v) is 9.24. The van der Waals surface area contributed by atoms with E-state index in [-0.39, 0.29) is 18.6 Å². The number of carbonyl (C=O) groups is 1. The lowest BCUT2D eigenvalue weighted by atomic mass is 9.86. The van der Waals surface area contributed by atoms with Crippen molar-refractivity contribution in [1.29, 1.82) is 0 Å². The molecule has 0 spiro atoms. The van der Waals surface area contributed by atoms with Gasteiger partial charge in [-0.1, -0.05) is 13.0 Å². The summed E-state index contributed by atoms with van der Waals surface area (Å²) in [6, 6.07) is 13.3. The van der Waals surface area contributed by atoms with Gasteiger partial charge in [0.1, 0.15) is 6.61 Å². The number of benzene rings is 1. The standard InChI is InChI=1S/C27H25N5O4/c1-2-27(35)20-12-22-24-16(13-32(22)25(33)19(20)14-36-26(27)34)9-15-10-17(28)11-21(23(15)31-24)30-8-6-18-5-3-4-7-29-18/h3-5,7,9-12,30,35H,2,6,8,13-14,28H2,1H3/t27-/m0/s1. The minimum atomic E-state index is -1.85. The second-order valence-electron chi connectivity index (χ2n) is 9.24. The third-order valence-corrected chi connectivity index (χ3v) is 7.06. The van der Waals surface area contributed by atoms with Gasteiger partial charge in [0.2, 0.25) is 0 Å². The van der Waals surface area contributed by atoms with Crippen LogP contribution in [0.15, 0.2) is 53.5 Å². The molecule has 5 heterocycles. The van der Waals surface area contributed by atoms with Gasteiger partial charge >= 0.3 is 5.97 Å². The van der Waals surface area contributed by atoms with Gasteiger partial charge in [-0.15, -0.1) is 0 Å². The van der Waals surface area contributed by atoms with Crippen LogP contribution in [0.1, 0.15) is 35.7 Å². The predicted molar refractivity (Wildman–Crippen MR) is 135 cm³/mol. The van der Waals surface area contributed by atoms with Crippen LogP contribution in [0.4, 0.5) is 11.4 Å². The number of anilines is 2. The number of carbonyl (C=O) groups excluding carboxylic acids is 1. The normalized spacial score (nSPS) is 17.9. The molecule has 9 nitrogen and oxygen atoms in total. The molecule has 9 heteroatoms. The van der Waals surface area contributed by atoms with Gasteiger partial charge in [-0.2, -0.15) is 0 Å². The zero-order valence-electron chi connectivity index (χ0n) is 19.7. The number of pyridine rings is 3. The van der Waals surface area contributed by atoms with Gasteiger partial charge in [0.15, 0.2) is 5.60 Å². The average molecular weight is 484 g/mol. The third kappa shape index (κ3) is 3.35. The number of hydrogen-bond donors (Lipinski definition) is 3. The molecule has 0 radical (unpaired) electrons. The van der Waals surface area contributed by atoms with Crippen LogP contribution in [0.3, 0.4) is 0 Å². The molecule has 0 amide bonds. The lowest BCUT2D eigenvalue weighted by molar-refractivity contribution is -0.172. The van der Waals surface area contributed by atoms with Crippen molar-refractivity contribution in [2.24, 2.45) is 0 Å². The lowest BCUT2D eigenvalue weighted by Gasteiger charge is -2.31. The molecular formula is C27H25N5O4. The molecule has 3 aromatic heterocycles. The summed E-state index contributed by atoms with van der Waals surface area (Å²) >= 11 is 0. The zero-order chi connectivity index (χ0) is 25.0. The molecule has 0 unspecified atom stereocenters. The molecule has 0 saturated carbocycles. The van der Waals surface area contributed by atoms with Gasteiger partial charge in [-0.25, -0.2) is 9.78 Å². The smallest absolute Gasteiger partial charge is 0.343 e. The summed E-state index contributed by atoms with van der Waals surface area (Å²) in [6.45, 7) is 2.52. The SMILES string of the molecule is CC[C@@]1(O)C(=O)OCc2c1cc1n(c2=O)Cc2cc3cc(N)cc(NCCc4ccccn4)c3nc2-1. The number of aromatic nitrogens is 3. The fraction of sp³-hybridized carbons (Fsp3) is 0.259. The fourth-order valence-electron chi connectivity index (χ4n) is 5.13. The summed E-state index contributed by atoms with van der Waals surface area (Å²) in [4.78, 5) is 35.1. The zero-order valence-corrected chi connectivity index (χ0v) is 19.7. The van der Waals surface area contributed by atoms with Crippen molar-refractivity contribution in [3.63, 3.8) is 0 Å². The van der Waals surface area contributed by atoms with Crippen molar-refractivity contribution >= 4 is 28.2 Å². The Morgan fingerprint density at radius 3 is 2.86 bits per heavy atom. The van der Waals surface area contributed by atoms with E-state index in [1.165, 1.54) is 0 Å². The van der Waals surface area contributed by atoms with Gasteiger partial charge in [0.25, 0.3) is 5.56 Å². The van der Waals surface area contributed by atoms with E-state index >= 15 is 0 Å². The van der Waals surface area contributed by atoms with Crippen LogP contribution in [0, 0.1) is 0 Å². The van der Waals surface area contributed by atoms with Crippen molar-refractivity contribution in [3.05, 3.63) is 81.4 Å². The Kier molecular flexibility index (Phi) is 5.04. The Bertz CT molecular complexity index is 1600. The maximum Gasteiger partial charge on any atom is 0.343 e. The highest BCUT2D eigenvalue weighted by Crippen LogP contribution is 2.39. The number of aliphatic hydroxyl groups is 1. The maximum atomic E-state index is 13.4. The van der Waals surface area contributed by atoms with E-state index in [1.54, 1.807) is 23.8 Å². The van der Waals surface area contributed by atoms with Gasteiger partial charge in [0.05, 0.1) is 34.7 Å². The quantitative estimate of drug-likeness (QED) is 0.257. The Morgan fingerprint density at radius 1 is 1.22 bits per heavy atom. The average Bonchev–Trinajstić information content (AvgIpc) is 3.24. The summed E-state index contributed by atoms with van der Waals surface area (Å²) in [5.74, 6) is -0.735. The maximum absolute atomic E-state index is 13.4. The Hall–Kier alpha value is -4.24. The predicted octanol–water partition coefficient (Wildman–Crippen LogP) is 2.71. The van der Waals surface area contributed by atoms with Crippen LogP contribution < -0.4 is 16.6 Å². The topological polar surface area (TPSA) is 132 Å². The van der Waals surface area contributed by atoms with Crippen molar-refractivity contribution in [2.45, 2.75) is 38.5 Å². The number of ether oxygens (including phenoxy) is 1. The Labute approximate surface area is 206 Å². The molecule has 0 aliphatic carbocycles. The molecule has 1 aromatic carbocycles.